The number of aliphatic hydroxyl groups is 1. The summed E-state index contributed by atoms with van der Waals surface area (Å²) in [7, 11) is 6.04. The van der Waals surface area contributed by atoms with Crippen LogP contribution in [0, 0.1) is 5.92 Å². The van der Waals surface area contributed by atoms with Crippen molar-refractivity contribution in [2.45, 2.75) is 89.0 Å². The zero-order chi connectivity index (χ0) is 31.8. The highest BCUT2D eigenvalue weighted by molar-refractivity contribution is 5.88. The van der Waals surface area contributed by atoms with Crippen LogP contribution < -0.4 is 4.74 Å². The molecule has 0 aromatic heterocycles. The van der Waals surface area contributed by atoms with Crippen molar-refractivity contribution in [3.05, 3.63) is 54.1 Å². The molecule has 244 valence electrons. The van der Waals surface area contributed by atoms with Crippen LogP contribution in [0.2, 0.25) is 0 Å². The van der Waals surface area contributed by atoms with Crippen LogP contribution in [0.4, 0.5) is 0 Å². The fourth-order valence-corrected chi connectivity index (χ4v) is 5.19. The van der Waals surface area contributed by atoms with Gasteiger partial charge in [-0.2, -0.15) is 0 Å². The molecular weight excluding hydrogens is 556 g/mol. The second-order valence-corrected chi connectivity index (χ2v) is 11.3. The van der Waals surface area contributed by atoms with Crippen molar-refractivity contribution in [3.8, 4) is 5.75 Å². The molecule has 43 heavy (non-hydrogen) atoms. The van der Waals surface area contributed by atoms with Gasteiger partial charge in [0.1, 0.15) is 19.3 Å². The molecule has 1 saturated heterocycles. The first kappa shape index (κ1) is 36.9. The molecule has 1 aliphatic rings. The first-order chi connectivity index (χ1) is 20.6. The van der Waals surface area contributed by atoms with Crippen molar-refractivity contribution in [3.63, 3.8) is 0 Å². The van der Waals surface area contributed by atoms with Gasteiger partial charge in [0.15, 0.2) is 0 Å². The third-order valence-electron chi connectivity index (χ3n) is 8.03. The van der Waals surface area contributed by atoms with Gasteiger partial charge in [0.05, 0.1) is 63.0 Å². The maximum Gasteiger partial charge on any atom is 0.335 e. The number of hydrogen-bond acceptors (Lipinski definition) is 10. The third kappa shape index (κ3) is 11.9. The van der Waals surface area contributed by atoms with Crippen molar-refractivity contribution in [2.75, 3.05) is 48.6 Å². The number of methoxy groups -OCH3 is 4. The SMILES string of the molecule is C=C(C(=O)OC)C(O)C[C@@H](OCOC)[C@]1(C)CC[C@H](C(=C)CCC[C@H](C)[C@H](COCc2ccc(OC)cc2)OCOC)O1. The first-order valence-electron chi connectivity index (χ1n) is 14.8. The minimum atomic E-state index is -1.13. The van der Waals surface area contributed by atoms with Crippen molar-refractivity contribution >= 4 is 5.97 Å². The smallest absolute Gasteiger partial charge is 0.335 e. The van der Waals surface area contributed by atoms with Crippen molar-refractivity contribution in [1.29, 1.82) is 0 Å². The molecule has 2 rings (SSSR count). The minimum absolute atomic E-state index is 0.0240. The third-order valence-corrected chi connectivity index (χ3v) is 8.03. The Morgan fingerprint density at radius 1 is 1.09 bits per heavy atom. The van der Waals surface area contributed by atoms with Crippen LogP contribution in [0.3, 0.4) is 0 Å². The highest BCUT2D eigenvalue weighted by Crippen LogP contribution is 2.40. The summed E-state index contributed by atoms with van der Waals surface area (Å²) in [6.45, 7) is 13.3. The number of carbonyl (C=O) groups excluding carboxylic acids is 1. The molecule has 1 unspecified atom stereocenters. The molecule has 6 atom stereocenters. The Hall–Kier alpha value is -2.31. The Kier molecular flexibility index (Phi) is 16.4. The van der Waals surface area contributed by atoms with E-state index >= 15 is 0 Å². The summed E-state index contributed by atoms with van der Waals surface area (Å²) in [5.41, 5.74) is 1.36. The summed E-state index contributed by atoms with van der Waals surface area (Å²) < 4.78 is 44.5. The normalized spacial score (nSPS) is 21.1. The average molecular weight is 609 g/mol. The van der Waals surface area contributed by atoms with Gasteiger partial charge in [-0.25, -0.2) is 4.79 Å². The van der Waals surface area contributed by atoms with Gasteiger partial charge < -0.3 is 43.0 Å². The van der Waals surface area contributed by atoms with Crippen molar-refractivity contribution in [1.82, 2.24) is 0 Å². The van der Waals surface area contributed by atoms with E-state index in [4.69, 9.17) is 37.9 Å². The maximum atomic E-state index is 11.8. The lowest BCUT2D eigenvalue weighted by Gasteiger charge is -2.35. The lowest BCUT2D eigenvalue weighted by atomic mass is 9.89. The topological polar surface area (TPSA) is 111 Å². The lowest BCUT2D eigenvalue weighted by Crippen LogP contribution is -2.44. The first-order valence-corrected chi connectivity index (χ1v) is 14.8. The molecule has 1 aromatic rings. The summed E-state index contributed by atoms with van der Waals surface area (Å²) in [5.74, 6) is 0.396. The summed E-state index contributed by atoms with van der Waals surface area (Å²) in [6.07, 6.45) is 2.35. The molecule has 1 aromatic carbocycles. The van der Waals surface area contributed by atoms with Crippen LogP contribution in [0.15, 0.2) is 48.6 Å². The van der Waals surface area contributed by atoms with Gasteiger partial charge in [-0.1, -0.05) is 32.2 Å². The Balaban J connectivity index is 1.87. The molecule has 0 amide bonds. The van der Waals surface area contributed by atoms with E-state index < -0.39 is 23.8 Å². The lowest BCUT2D eigenvalue weighted by molar-refractivity contribution is -0.170. The van der Waals surface area contributed by atoms with Gasteiger partial charge in [-0.05, 0) is 68.2 Å². The molecule has 1 N–H and O–H groups in total. The zero-order valence-electron chi connectivity index (χ0n) is 26.8. The van der Waals surface area contributed by atoms with E-state index in [0.29, 0.717) is 19.6 Å². The van der Waals surface area contributed by atoms with E-state index in [0.717, 1.165) is 42.6 Å². The monoisotopic (exact) mass is 608 g/mol. The summed E-state index contributed by atoms with van der Waals surface area (Å²) >= 11 is 0. The second kappa shape index (κ2) is 19.2. The van der Waals surface area contributed by atoms with Gasteiger partial charge in [-0.3, -0.25) is 0 Å². The minimum Gasteiger partial charge on any atom is -0.497 e. The van der Waals surface area contributed by atoms with E-state index in [2.05, 4.69) is 20.1 Å². The molecule has 10 nitrogen and oxygen atoms in total. The number of esters is 1. The number of hydrogen-bond donors (Lipinski definition) is 1. The molecule has 1 fully saturated rings. The van der Waals surface area contributed by atoms with Crippen LogP contribution in [0.25, 0.3) is 0 Å². The molecule has 0 bridgehead atoms. The van der Waals surface area contributed by atoms with E-state index in [-0.39, 0.29) is 43.7 Å². The fraction of sp³-hybridized carbons (Fsp3) is 0.667. The maximum absolute atomic E-state index is 11.8. The van der Waals surface area contributed by atoms with Gasteiger partial charge in [0.25, 0.3) is 0 Å². The molecular formula is C33H52O10. The number of benzene rings is 1. The van der Waals surface area contributed by atoms with Crippen LogP contribution >= 0.6 is 0 Å². The van der Waals surface area contributed by atoms with Crippen LogP contribution in [0.1, 0.15) is 57.9 Å². The Morgan fingerprint density at radius 3 is 2.40 bits per heavy atom. The van der Waals surface area contributed by atoms with Crippen LogP contribution in [-0.4, -0.2) is 89.7 Å². The van der Waals surface area contributed by atoms with Gasteiger partial charge in [-0.15, -0.1) is 0 Å². The molecule has 0 saturated carbocycles. The molecule has 0 radical (unpaired) electrons. The van der Waals surface area contributed by atoms with E-state index in [1.807, 2.05) is 31.2 Å². The predicted molar refractivity (Wildman–Crippen MR) is 163 cm³/mol. The Bertz CT molecular complexity index is 980. The summed E-state index contributed by atoms with van der Waals surface area (Å²) in [5, 5.41) is 10.6. The van der Waals surface area contributed by atoms with E-state index in [9.17, 15) is 9.90 Å². The zero-order valence-corrected chi connectivity index (χ0v) is 26.8. The largest absolute Gasteiger partial charge is 0.497 e. The van der Waals surface area contributed by atoms with E-state index in [1.165, 1.54) is 14.2 Å². The Morgan fingerprint density at radius 2 is 1.77 bits per heavy atom. The summed E-state index contributed by atoms with van der Waals surface area (Å²) in [6, 6.07) is 7.81. The number of carbonyl (C=O) groups is 1. The molecule has 1 heterocycles. The molecule has 0 aliphatic carbocycles. The van der Waals surface area contributed by atoms with Crippen LogP contribution in [0.5, 0.6) is 5.75 Å². The van der Waals surface area contributed by atoms with Crippen molar-refractivity contribution in [2.24, 2.45) is 5.92 Å². The molecule has 1 aliphatic heterocycles. The average Bonchev–Trinajstić information content (AvgIpc) is 3.43. The number of rotatable bonds is 22. The standard InChI is InChI=1S/C33H52O10/c1-23(29-16-17-33(4,43-29)31(42-22-37-6)18-28(34)25(3)32(35)39-8)10-9-11-24(2)30(41-21-36-5)20-40-19-26-12-14-27(38-7)15-13-26/h12-15,24,28-31,34H,1,3,9-11,16-22H2,2,4-8H3/t24-,28?,29+,30-,31+,33-/m0/s1. The van der Waals surface area contributed by atoms with Gasteiger partial charge >= 0.3 is 5.97 Å². The van der Waals surface area contributed by atoms with Crippen LogP contribution in [-0.2, 0) is 44.6 Å². The predicted octanol–water partition coefficient (Wildman–Crippen LogP) is 4.97. The molecule has 0 spiro atoms. The van der Waals surface area contributed by atoms with Crippen molar-refractivity contribution < 1.29 is 47.8 Å². The fourth-order valence-electron chi connectivity index (χ4n) is 5.19. The Labute approximate surface area is 257 Å². The van der Waals surface area contributed by atoms with Gasteiger partial charge in [0, 0.05) is 20.6 Å². The molecule has 10 heteroatoms. The number of aliphatic hydroxyl groups excluding tert-OH is 1. The summed E-state index contributed by atoms with van der Waals surface area (Å²) in [4.78, 5) is 11.8. The second-order valence-electron chi connectivity index (χ2n) is 11.3. The number of ether oxygens (including phenoxy) is 8. The highest BCUT2D eigenvalue weighted by Gasteiger charge is 2.45. The van der Waals surface area contributed by atoms with Gasteiger partial charge in [0.2, 0.25) is 0 Å². The highest BCUT2D eigenvalue weighted by atomic mass is 16.7. The van der Waals surface area contributed by atoms with E-state index in [1.54, 1.807) is 14.2 Å². The quantitative estimate of drug-likeness (QED) is 0.0838.